The van der Waals surface area contributed by atoms with E-state index < -0.39 is 30.7 Å². The van der Waals surface area contributed by atoms with Gasteiger partial charge in [-0.3, -0.25) is 14.4 Å². The van der Waals surface area contributed by atoms with E-state index in [0.29, 0.717) is 35.8 Å². The van der Waals surface area contributed by atoms with E-state index >= 15 is 0 Å². The number of hydrogen-bond donors (Lipinski definition) is 3. The van der Waals surface area contributed by atoms with Crippen molar-refractivity contribution >= 4 is 40.9 Å². The maximum absolute atomic E-state index is 13.6. The third kappa shape index (κ3) is 10.4. The topological polar surface area (TPSA) is 147 Å². The van der Waals surface area contributed by atoms with Crippen molar-refractivity contribution in [1.82, 2.24) is 5.32 Å². The Morgan fingerprint density at radius 3 is 2.23 bits per heavy atom. The van der Waals surface area contributed by atoms with Crippen LogP contribution in [0.15, 0.2) is 78.9 Å². The number of nitrogens with one attached hydrogen (secondary N) is 2. The van der Waals surface area contributed by atoms with Crippen molar-refractivity contribution in [2.24, 2.45) is 0 Å². The molecule has 0 spiro atoms. The van der Waals surface area contributed by atoms with Gasteiger partial charge in [-0.2, -0.15) is 0 Å². The normalized spacial score (nSPS) is 10.6. The molecule has 0 aromatic heterocycles. The summed E-state index contributed by atoms with van der Waals surface area (Å²) in [5.41, 5.74) is 1.96. The number of hydrogen-bond acceptors (Lipinski definition) is 7. The molecule has 12 nitrogen and oxygen atoms in total. The van der Waals surface area contributed by atoms with Crippen molar-refractivity contribution in [1.29, 1.82) is 0 Å². The number of para-hydroxylation sites is 3. The summed E-state index contributed by atoms with van der Waals surface area (Å²) in [6.45, 7) is 3.60. The lowest BCUT2D eigenvalue weighted by molar-refractivity contribution is -0.136. The highest BCUT2D eigenvalue weighted by Gasteiger charge is 2.25. The van der Waals surface area contributed by atoms with Crippen LogP contribution < -0.4 is 25.2 Å². The Labute approximate surface area is 256 Å². The van der Waals surface area contributed by atoms with E-state index in [1.807, 2.05) is 30.3 Å². The van der Waals surface area contributed by atoms with Crippen molar-refractivity contribution in [3.05, 3.63) is 84.4 Å². The number of aliphatic carboxylic acids is 1. The Morgan fingerprint density at radius 1 is 0.864 bits per heavy atom. The van der Waals surface area contributed by atoms with E-state index in [9.17, 15) is 19.2 Å². The van der Waals surface area contributed by atoms with E-state index in [2.05, 4.69) is 10.6 Å². The van der Waals surface area contributed by atoms with Gasteiger partial charge in [0.25, 0.3) is 5.91 Å². The number of amides is 4. The molecule has 3 N–H and O–H groups in total. The summed E-state index contributed by atoms with van der Waals surface area (Å²) < 4.78 is 17.3. The molecule has 3 aromatic carbocycles. The van der Waals surface area contributed by atoms with Crippen LogP contribution in [-0.4, -0.2) is 75.2 Å². The maximum atomic E-state index is 13.6. The molecule has 0 heterocycles. The molecule has 0 radical (unpaired) electrons. The standard InChI is InChI=1S/C32H38N4O8/c1-4-42-31(43-5-2)21-36(28(37)20-33-32(41)34-24-13-11-12-23(18-24)19-30(39)40)26-16-9-10-17-27(26)44-22-29(38)35(3)25-14-7-6-8-15-25/h6-18,31H,4-5,19-22H2,1-3H3,(H,39,40)(H2,33,34,41). The zero-order chi connectivity index (χ0) is 31.9. The van der Waals surface area contributed by atoms with Crippen LogP contribution in [0.25, 0.3) is 0 Å². The highest BCUT2D eigenvalue weighted by molar-refractivity contribution is 5.99. The van der Waals surface area contributed by atoms with Crippen molar-refractivity contribution < 1.29 is 38.5 Å². The first-order valence-electron chi connectivity index (χ1n) is 14.1. The number of anilines is 3. The van der Waals surface area contributed by atoms with Gasteiger partial charge < -0.3 is 39.8 Å². The molecular formula is C32H38N4O8. The Kier molecular flexibility index (Phi) is 13.2. The monoisotopic (exact) mass is 606 g/mol. The molecule has 0 aliphatic rings. The predicted octanol–water partition coefficient (Wildman–Crippen LogP) is 3.91. The van der Waals surface area contributed by atoms with E-state index in [-0.39, 0.29) is 31.2 Å². The number of carboxylic acid groups (broad SMARTS) is 1. The molecule has 44 heavy (non-hydrogen) atoms. The van der Waals surface area contributed by atoms with Crippen LogP contribution in [0.5, 0.6) is 5.75 Å². The lowest BCUT2D eigenvalue weighted by atomic mass is 10.1. The van der Waals surface area contributed by atoms with Gasteiger partial charge in [0.1, 0.15) is 5.75 Å². The fraction of sp³-hybridized carbons (Fsp3) is 0.312. The van der Waals surface area contributed by atoms with Crippen molar-refractivity contribution in [2.75, 3.05) is 55.1 Å². The van der Waals surface area contributed by atoms with Crippen LogP contribution in [-0.2, 0) is 30.3 Å². The van der Waals surface area contributed by atoms with Gasteiger partial charge >= 0.3 is 12.0 Å². The number of carbonyl (C=O) groups excluding carboxylic acids is 3. The minimum atomic E-state index is -0.994. The molecule has 4 amide bonds. The van der Waals surface area contributed by atoms with Gasteiger partial charge in [0.15, 0.2) is 12.9 Å². The maximum Gasteiger partial charge on any atom is 0.319 e. The molecule has 0 bridgehead atoms. The van der Waals surface area contributed by atoms with Crippen LogP contribution in [0, 0.1) is 0 Å². The molecule has 12 heteroatoms. The van der Waals surface area contributed by atoms with E-state index in [1.54, 1.807) is 69.4 Å². The van der Waals surface area contributed by atoms with E-state index in [0.717, 1.165) is 0 Å². The summed E-state index contributed by atoms with van der Waals surface area (Å²) in [6, 6.07) is 21.7. The molecule has 0 aliphatic carbocycles. The highest BCUT2D eigenvalue weighted by Crippen LogP contribution is 2.29. The minimum Gasteiger partial charge on any atom is -0.482 e. The van der Waals surface area contributed by atoms with Crippen molar-refractivity contribution in [3.8, 4) is 5.75 Å². The second-order valence-corrected chi connectivity index (χ2v) is 9.47. The van der Waals surface area contributed by atoms with Crippen molar-refractivity contribution in [3.63, 3.8) is 0 Å². The summed E-state index contributed by atoms with van der Waals surface area (Å²) in [4.78, 5) is 53.0. The number of carbonyl (C=O) groups is 4. The molecule has 0 saturated carbocycles. The summed E-state index contributed by atoms with van der Waals surface area (Å²) >= 11 is 0. The van der Waals surface area contributed by atoms with Crippen LogP contribution >= 0.6 is 0 Å². The number of carboxylic acids is 1. The number of benzene rings is 3. The number of urea groups is 1. The first-order valence-corrected chi connectivity index (χ1v) is 14.1. The Hall–Kier alpha value is -4.94. The number of nitrogens with zero attached hydrogens (tertiary/aromatic N) is 2. The molecule has 3 aromatic rings. The quantitative estimate of drug-likeness (QED) is 0.208. The minimum absolute atomic E-state index is 0.0146. The van der Waals surface area contributed by atoms with Gasteiger partial charge in [0.2, 0.25) is 5.91 Å². The van der Waals surface area contributed by atoms with Gasteiger partial charge in [0.05, 0.1) is 25.2 Å². The lowest BCUT2D eigenvalue weighted by Gasteiger charge is -2.29. The average Bonchev–Trinajstić information content (AvgIpc) is 3.01. The number of likely N-dealkylation sites (N-methyl/N-ethyl adjacent to an activating group) is 1. The SMILES string of the molecule is CCOC(CN(C(=O)CNC(=O)Nc1cccc(CC(=O)O)c1)c1ccccc1OCC(=O)N(C)c1ccccc1)OCC. The number of rotatable bonds is 16. The van der Waals surface area contributed by atoms with Gasteiger partial charge in [-0.15, -0.1) is 0 Å². The van der Waals surface area contributed by atoms with Crippen LogP contribution in [0.4, 0.5) is 21.9 Å². The van der Waals surface area contributed by atoms with Crippen LogP contribution in [0.3, 0.4) is 0 Å². The summed E-state index contributed by atoms with van der Waals surface area (Å²) in [6.07, 6.45) is -0.959. The molecule has 3 rings (SSSR count). The van der Waals surface area contributed by atoms with Crippen LogP contribution in [0.1, 0.15) is 19.4 Å². The van der Waals surface area contributed by atoms with Crippen molar-refractivity contribution in [2.45, 2.75) is 26.6 Å². The number of ether oxygens (including phenoxy) is 3. The Bertz CT molecular complexity index is 1400. The Morgan fingerprint density at radius 2 is 1.55 bits per heavy atom. The Balaban J connectivity index is 1.75. The molecule has 0 aliphatic heterocycles. The third-order valence-electron chi connectivity index (χ3n) is 6.30. The summed E-state index contributed by atoms with van der Waals surface area (Å²) in [5, 5.41) is 14.2. The fourth-order valence-electron chi connectivity index (χ4n) is 4.20. The van der Waals surface area contributed by atoms with Crippen LogP contribution in [0.2, 0.25) is 0 Å². The molecule has 0 unspecified atom stereocenters. The molecule has 0 fully saturated rings. The van der Waals surface area contributed by atoms with Gasteiger partial charge in [0, 0.05) is 31.6 Å². The lowest BCUT2D eigenvalue weighted by Crippen LogP contribution is -2.46. The summed E-state index contributed by atoms with van der Waals surface area (Å²) in [5.74, 6) is -1.50. The van der Waals surface area contributed by atoms with Gasteiger partial charge in [-0.25, -0.2) is 4.79 Å². The second kappa shape index (κ2) is 17.2. The van der Waals surface area contributed by atoms with Gasteiger partial charge in [-0.05, 0) is 55.8 Å². The van der Waals surface area contributed by atoms with E-state index in [4.69, 9.17) is 19.3 Å². The zero-order valence-corrected chi connectivity index (χ0v) is 25.0. The smallest absolute Gasteiger partial charge is 0.319 e. The second-order valence-electron chi connectivity index (χ2n) is 9.47. The fourth-order valence-corrected chi connectivity index (χ4v) is 4.20. The molecule has 0 saturated heterocycles. The predicted molar refractivity (Wildman–Crippen MR) is 166 cm³/mol. The molecule has 234 valence electrons. The first kappa shape index (κ1) is 33.6. The largest absolute Gasteiger partial charge is 0.482 e. The van der Waals surface area contributed by atoms with E-state index in [1.165, 1.54) is 9.80 Å². The summed E-state index contributed by atoms with van der Waals surface area (Å²) in [7, 11) is 1.65. The molecular weight excluding hydrogens is 568 g/mol. The third-order valence-corrected chi connectivity index (χ3v) is 6.30. The zero-order valence-electron chi connectivity index (χ0n) is 25.0. The van der Waals surface area contributed by atoms with Gasteiger partial charge in [-0.1, -0.05) is 42.5 Å². The average molecular weight is 607 g/mol. The highest BCUT2D eigenvalue weighted by atomic mass is 16.7. The molecule has 0 atom stereocenters. The first-order chi connectivity index (χ1) is 21.2.